The fourth-order valence-corrected chi connectivity index (χ4v) is 2.65. The maximum Gasteiger partial charge on any atom is 0.192 e. The van der Waals surface area contributed by atoms with Crippen LogP contribution < -0.4 is 20.1 Å². The summed E-state index contributed by atoms with van der Waals surface area (Å²) in [5.74, 6) is 3.94. The summed E-state index contributed by atoms with van der Waals surface area (Å²) in [5.41, 5.74) is 0.989. The van der Waals surface area contributed by atoms with Crippen molar-refractivity contribution in [1.82, 2.24) is 25.4 Å². The molecule has 1 aliphatic rings. The minimum absolute atomic E-state index is 0. The van der Waals surface area contributed by atoms with E-state index < -0.39 is 0 Å². The van der Waals surface area contributed by atoms with E-state index in [0.29, 0.717) is 38.8 Å². The number of nitrogens with one attached hydrogen (secondary N) is 2. The molecule has 152 valence electrons. The van der Waals surface area contributed by atoms with Crippen molar-refractivity contribution in [3.8, 4) is 11.5 Å². The van der Waals surface area contributed by atoms with Crippen molar-refractivity contribution in [3.63, 3.8) is 0 Å². The Balaban J connectivity index is 0.00000280. The molecule has 0 amide bonds. The number of benzene rings is 1. The average molecular weight is 498 g/mol. The van der Waals surface area contributed by atoms with Gasteiger partial charge in [-0.3, -0.25) is 0 Å². The van der Waals surface area contributed by atoms with E-state index in [0.717, 1.165) is 35.1 Å². The van der Waals surface area contributed by atoms with Crippen LogP contribution in [0.3, 0.4) is 0 Å². The fourth-order valence-electron chi connectivity index (χ4n) is 2.65. The zero-order chi connectivity index (χ0) is 19.1. The van der Waals surface area contributed by atoms with Gasteiger partial charge >= 0.3 is 0 Å². The van der Waals surface area contributed by atoms with Crippen molar-refractivity contribution >= 4 is 29.9 Å². The summed E-state index contributed by atoms with van der Waals surface area (Å²) in [7, 11) is 1.94. The smallest absolute Gasteiger partial charge is 0.192 e. The standard InChI is InChI=1S/C19H26N6O2.HI/c1-4-9-20-19(22-13-17-24-23-14(2)25(17)3)21-12-15-7-5-8-16-18(15)27-11-6-10-26-16;/h4-5,7-8H,1,6,9-13H2,2-3H3,(H2,20,21,22);1H. The molecule has 2 N–H and O–H groups in total. The van der Waals surface area contributed by atoms with Crippen LogP contribution in [0.5, 0.6) is 11.5 Å². The van der Waals surface area contributed by atoms with Gasteiger partial charge in [0.05, 0.1) is 26.3 Å². The number of aryl methyl sites for hydroxylation is 1. The number of para-hydroxylation sites is 1. The van der Waals surface area contributed by atoms with E-state index in [1.165, 1.54) is 0 Å². The van der Waals surface area contributed by atoms with E-state index in [2.05, 4.69) is 32.4 Å². The molecule has 28 heavy (non-hydrogen) atoms. The van der Waals surface area contributed by atoms with E-state index in [1.807, 2.05) is 36.7 Å². The van der Waals surface area contributed by atoms with Gasteiger partial charge in [0.1, 0.15) is 5.82 Å². The van der Waals surface area contributed by atoms with E-state index in [1.54, 1.807) is 6.08 Å². The minimum atomic E-state index is 0. The molecule has 2 aromatic rings. The van der Waals surface area contributed by atoms with Crippen LogP contribution in [-0.2, 0) is 20.1 Å². The van der Waals surface area contributed by atoms with E-state index >= 15 is 0 Å². The van der Waals surface area contributed by atoms with Gasteiger partial charge in [0, 0.05) is 25.6 Å². The summed E-state index contributed by atoms with van der Waals surface area (Å²) in [6.45, 7) is 8.59. The lowest BCUT2D eigenvalue weighted by Gasteiger charge is -2.13. The molecule has 0 saturated carbocycles. The highest BCUT2D eigenvalue weighted by atomic mass is 127. The molecule has 0 radical (unpaired) electrons. The van der Waals surface area contributed by atoms with Gasteiger partial charge in [0.2, 0.25) is 0 Å². The van der Waals surface area contributed by atoms with Crippen LogP contribution in [-0.4, -0.2) is 40.5 Å². The van der Waals surface area contributed by atoms with Crippen molar-refractivity contribution < 1.29 is 9.47 Å². The van der Waals surface area contributed by atoms with Crippen molar-refractivity contribution in [3.05, 3.63) is 48.1 Å². The molecule has 3 rings (SSSR count). The highest BCUT2D eigenvalue weighted by Crippen LogP contribution is 2.33. The Morgan fingerprint density at radius 2 is 2.11 bits per heavy atom. The first-order chi connectivity index (χ1) is 13.2. The molecular weight excluding hydrogens is 471 g/mol. The number of nitrogens with zero attached hydrogens (tertiary/aromatic N) is 4. The SMILES string of the molecule is C=CCNC(=NCc1cccc2c1OCCCO2)NCc1nnc(C)n1C.I. The lowest BCUT2D eigenvalue weighted by Crippen LogP contribution is -2.37. The number of fused-ring (bicyclic) bond motifs is 1. The van der Waals surface area contributed by atoms with E-state index in [9.17, 15) is 0 Å². The van der Waals surface area contributed by atoms with Gasteiger partial charge < -0.3 is 24.7 Å². The molecule has 0 saturated heterocycles. The lowest BCUT2D eigenvalue weighted by atomic mass is 10.2. The zero-order valence-corrected chi connectivity index (χ0v) is 18.6. The quantitative estimate of drug-likeness (QED) is 0.275. The second kappa shape index (κ2) is 10.9. The summed E-state index contributed by atoms with van der Waals surface area (Å²) in [6, 6.07) is 5.90. The van der Waals surface area contributed by atoms with Crippen LogP contribution in [0.2, 0.25) is 0 Å². The Labute approximate surface area is 182 Å². The Morgan fingerprint density at radius 3 is 2.86 bits per heavy atom. The Bertz CT molecular complexity index is 821. The Morgan fingerprint density at radius 1 is 1.29 bits per heavy atom. The summed E-state index contributed by atoms with van der Waals surface area (Å²) in [5, 5.41) is 14.7. The van der Waals surface area contributed by atoms with Gasteiger partial charge in [0.25, 0.3) is 0 Å². The highest BCUT2D eigenvalue weighted by Gasteiger charge is 2.14. The second-order valence-corrected chi connectivity index (χ2v) is 6.21. The monoisotopic (exact) mass is 498 g/mol. The first kappa shape index (κ1) is 22.0. The van der Waals surface area contributed by atoms with Crippen LogP contribution in [0.4, 0.5) is 0 Å². The first-order valence-electron chi connectivity index (χ1n) is 9.04. The van der Waals surface area contributed by atoms with E-state index in [4.69, 9.17) is 9.47 Å². The third-order valence-corrected chi connectivity index (χ3v) is 4.27. The maximum atomic E-state index is 5.87. The average Bonchev–Trinajstić information content (AvgIpc) is 2.88. The summed E-state index contributed by atoms with van der Waals surface area (Å²) >= 11 is 0. The van der Waals surface area contributed by atoms with Gasteiger partial charge in [-0.1, -0.05) is 18.2 Å². The predicted octanol–water partition coefficient (Wildman–Crippen LogP) is 2.32. The summed E-state index contributed by atoms with van der Waals surface area (Å²) in [6.07, 6.45) is 2.66. The Kier molecular flexibility index (Phi) is 8.55. The third kappa shape index (κ3) is 5.60. The number of aliphatic imine (C=N–C) groups is 1. The number of aromatic nitrogens is 3. The number of guanidine groups is 1. The van der Waals surface area contributed by atoms with Gasteiger partial charge in [0.15, 0.2) is 23.3 Å². The van der Waals surface area contributed by atoms with Crippen molar-refractivity contribution in [2.24, 2.45) is 12.0 Å². The van der Waals surface area contributed by atoms with Crippen LogP contribution in [0.15, 0.2) is 35.8 Å². The number of rotatable bonds is 6. The third-order valence-electron chi connectivity index (χ3n) is 4.27. The second-order valence-electron chi connectivity index (χ2n) is 6.21. The number of hydrogen-bond donors (Lipinski definition) is 2. The number of ether oxygens (including phenoxy) is 2. The van der Waals surface area contributed by atoms with Gasteiger partial charge in [-0.2, -0.15) is 0 Å². The summed E-state index contributed by atoms with van der Waals surface area (Å²) < 4.78 is 13.6. The van der Waals surface area contributed by atoms with Crippen LogP contribution in [0.25, 0.3) is 0 Å². The van der Waals surface area contributed by atoms with Crippen LogP contribution in [0.1, 0.15) is 23.6 Å². The van der Waals surface area contributed by atoms with Gasteiger partial charge in [-0.15, -0.1) is 40.8 Å². The predicted molar refractivity (Wildman–Crippen MR) is 119 cm³/mol. The molecule has 1 aromatic carbocycles. The number of halogens is 1. The molecule has 0 aliphatic carbocycles. The molecule has 1 aliphatic heterocycles. The first-order valence-corrected chi connectivity index (χ1v) is 9.04. The van der Waals surface area contributed by atoms with Crippen molar-refractivity contribution in [2.45, 2.75) is 26.4 Å². The molecule has 0 unspecified atom stereocenters. The molecule has 0 fully saturated rings. The fraction of sp³-hybridized carbons (Fsp3) is 0.421. The topological polar surface area (TPSA) is 85.6 Å². The molecule has 9 heteroatoms. The van der Waals surface area contributed by atoms with Gasteiger partial charge in [-0.25, -0.2) is 4.99 Å². The maximum absolute atomic E-state index is 5.87. The Hall–Kier alpha value is -2.30. The minimum Gasteiger partial charge on any atom is -0.490 e. The molecule has 0 atom stereocenters. The van der Waals surface area contributed by atoms with E-state index in [-0.39, 0.29) is 24.0 Å². The van der Waals surface area contributed by atoms with Gasteiger partial charge in [-0.05, 0) is 13.0 Å². The molecule has 0 bridgehead atoms. The largest absolute Gasteiger partial charge is 0.490 e. The molecule has 8 nitrogen and oxygen atoms in total. The zero-order valence-electron chi connectivity index (χ0n) is 16.3. The molecule has 2 heterocycles. The molecular formula is C19H27IN6O2. The van der Waals surface area contributed by atoms with Crippen LogP contribution in [0, 0.1) is 6.92 Å². The summed E-state index contributed by atoms with van der Waals surface area (Å²) in [4.78, 5) is 4.68. The number of hydrogen-bond acceptors (Lipinski definition) is 5. The molecule has 1 aromatic heterocycles. The highest BCUT2D eigenvalue weighted by molar-refractivity contribution is 14.0. The molecule has 0 spiro atoms. The van der Waals surface area contributed by atoms with Crippen LogP contribution >= 0.6 is 24.0 Å². The van der Waals surface area contributed by atoms with Crippen molar-refractivity contribution in [1.29, 1.82) is 0 Å². The lowest BCUT2D eigenvalue weighted by molar-refractivity contribution is 0.296. The normalized spacial score (nSPS) is 13.3. The van der Waals surface area contributed by atoms with Crippen molar-refractivity contribution in [2.75, 3.05) is 19.8 Å².